The lowest BCUT2D eigenvalue weighted by Crippen LogP contribution is -2.24. The molecule has 1 fully saturated rings. The SMILES string of the molecule is CCOC.Cc1c(Cn2c(=O)n(C3CC3)c3ccncc32)ncc2ccccc12. The maximum absolute atomic E-state index is 13.0. The molecule has 0 aliphatic heterocycles. The molecule has 1 saturated carbocycles. The van der Waals surface area contributed by atoms with Gasteiger partial charge in [-0.05, 0) is 43.7 Å². The number of hydrogen-bond donors (Lipinski definition) is 0. The van der Waals surface area contributed by atoms with Crippen molar-refractivity contribution in [3.63, 3.8) is 0 Å². The summed E-state index contributed by atoms with van der Waals surface area (Å²) < 4.78 is 8.28. The van der Waals surface area contributed by atoms with Crippen molar-refractivity contribution in [2.45, 2.75) is 39.3 Å². The van der Waals surface area contributed by atoms with Crippen LogP contribution in [0, 0.1) is 6.92 Å². The van der Waals surface area contributed by atoms with E-state index in [1.807, 2.05) is 40.5 Å². The second kappa shape index (κ2) is 8.17. The summed E-state index contributed by atoms with van der Waals surface area (Å²) in [6.45, 7) is 5.32. The molecule has 0 unspecified atom stereocenters. The first kappa shape index (κ1) is 19.3. The van der Waals surface area contributed by atoms with E-state index in [2.05, 4.69) is 33.8 Å². The Balaban J connectivity index is 0.000000472. The van der Waals surface area contributed by atoms with E-state index in [4.69, 9.17) is 0 Å². The first-order valence-electron chi connectivity index (χ1n) is 10.0. The van der Waals surface area contributed by atoms with Gasteiger partial charge < -0.3 is 4.74 Å². The summed E-state index contributed by atoms with van der Waals surface area (Å²) in [4.78, 5) is 21.9. The molecule has 0 spiro atoms. The molecule has 5 rings (SSSR count). The summed E-state index contributed by atoms with van der Waals surface area (Å²) in [6, 6.07) is 10.5. The van der Waals surface area contributed by atoms with E-state index < -0.39 is 0 Å². The Kier molecular flexibility index (Phi) is 5.45. The van der Waals surface area contributed by atoms with Gasteiger partial charge in [-0.25, -0.2) is 4.79 Å². The Hall–Kier alpha value is -2.99. The minimum Gasteiger partial charge on any atom is -0.385 e. The molecular weight excluding hydrogens is 364 g/mol. The lowest BCUT2D eigenvalue weighted by atomic mass is 10.1. The molecule has 3 heterocycles. The lowest BCUT2D eigenvalue weighted by Gasteiger charge is -2.09. The number of aryl methyl sites for hydroxylation is 1. The smallest absolute Gasteiger partial charge is 0.329 e. The highest BCUT2D eigenvalue weighted by atomic mass is 16.5. The fraction of sp³-hybridized carbons (Fsp3) is 0.348. The third-order valence-corrected chi connectivity index (χ3v) is 5.43. The van der Waals surface area contributed by atoms with Crippen molar-refractivity contribution >= 4 is 21.8 Å². The number of hydrogen-bond acceptors (Lipinski definition) is 4. The summed E-state index contributed by atoms with van der Waals surface area (Å²) in [5.74, 6) is 0. The zero-order chi connectivity index (χ0) is 20.4. The Labute approximate surface area is 169 Å². The van der Waals surface area contributed by atoms with Crippen LogP contribution in [0.5, 0.6) is 0 Å². The number of nitrogens with zero attached hydrogens (tertiary/aromatic N) is 4. The molecular formula is C23H26N4O2. The van der Waals surface area contributed by atoms with Crippen LogP contribution in [0.15, 0.2) is 53.7 Å². The first-order chi connectivity index (χ1) is 14.2. The minimum atomic E-state index is 0.0415. The molecule has 0 atom stereocenters. The number of fused-ring (bicyclic) bond motifs is 2. The predicted molar refractivity (Wildman–Crippen MR) is 115 cm³/mol. The number of benzene rings is 1. The summed E-state index contributed by atoms with van der Waals surface area (Å²) in [7, 11) is 1.68. The van der Waals surface area contributed by atoms with E-state index in [9.17, 15) is 4.79 Å². The molecule has 6 heteroatoms. The van der Waals surface area contributed by atoms with Crippen molar-refractivity contribution in [2.75, 3.05) is 13.7 Å². The Morgan fingerprint density at radius 2 is 1.90 bits per heavy atom. The highest BCUT2D eigenvalue weighted by Crippen LogP contribution is 2.36. The molecule has 3 aromatic heterocycles. The molecule has 1 aliphatic carbocycles. The molecule has 0 N–H and O–H groups in total. The van der Waals surface area contributed by atoms with Gasteiger partial charge in [0, 0.05) is 37.5 Å². The van der Waals surface area contributed by atoms with Crippen molar-refractivity contribution in [3.05, 3.63) is 70.7 Å². The average molecular weight is 390 g/mol. The van der Waals surface area contributed by atoms with Gasteiger partial charge in [-0.1, -0.05) is 24.3 Å². The van der Waals surface area contributed by atoms with Crippen LogP contribution in [0.1, 0.15) is 37.1 Å². The van der Waals surface area contributed by atoms with Crippen LogP contribution in [0.25, 0.3) is 21.8 Å². The van der Waals surface area contributed by atoms with E-state index in [0.29, 0.717) is 12.6 Å². The van der Waals surface area contributed by atoms with Gasteiger partial charge in [0.15, 0.2) is 0 Å². The summed E-state index contributed by atoms with van der Waals surface area (Å²) in [5.41, 5.74) is 3.95. The molecule has 4 aromatic rings. The first-order valence-corrected chi connectivity index (χ1v) is 10.0. The molecule has 29 heavy (non-hydrogen) atoms. The van der Waals surface area contributed by atoms with Crippen molar-refractivity contribution in [1.29, 1.82) is 0 Å². The van der Waals surface area contributed by atoms with Crippen LogP contribution in [-0.2, 0) is 11.3 Å². The fourth-order valence-corrected chi connectivity index (χ4v) is 3.63. The van der Waals surface area contributed by atoms with Crippen LogP contribution in [0.3, 0.4) is 0 Å². The Bertz CT molecular complexity index is 1200. The van der Waals surface area contributed by atoms with Crippen molar-refractivity contribution in [3.8, 4) is 0 Å². The van der Waals surface area contributed by atoms with E-state index in [1.165, 1.54) is 5.39 Å². The Morgan fingerprint density at radius 1 is 1.14 bits per heavy atom. The van der Waals surface area contributed by atoms with Crippen LogP contribution < -0.4 is 5.69 Å². The highest BCUT2D eigenvalue weighted by Gasteiger charge is 2.29. The van der Waals surface area contributed by atoms with Gasteiger partial charge >= 0.3 is 5.69 Å². The van der Waals surface area contributed by atoms with Gasteiger partial charge in [-0.3, -0.25) is 19.1 Å². The topological polar surface area (TPSA) is 61.9 Å². The largest absolute Gasteiger partial charge is 0.385 e. The van der Waals surface area contributed by atoms with Crippen molar-refractivity contribution in [1.82, 2.24) is 19.1 Å². The number of imidazole rings is 1. The molecule has 0 bridgehead atoms. The number of aromatic nitrogens is 4. The molecule has 6 nitrogen and oxygen atoms in total. The third-order valence-electron chi connectivity index (χ3n) is 5.43. The van der Waals surface area contributed by atoms with Gasteiger partial charge in [0.05, 0.1) is 29.5 Å². The normalized spacial score (nSPS) is 13.5. The van der Waals surface area contributed by atoms with E-state index in [-0.39, 0.29) is 5.69 Å². The summed E-state index contributed by atoms with van der Waals surface area (Å²) >= 11 is 0. The monoisotopic (exact) mass is 390 g/mol. The van der Waals surface area contributed by atoms with Crippen molar-refractivity contribution < 1.29 is 4.74 Å². The number of ether oxygens (including phenoxy) is 1. The summed E-state index contributed by atoms with van der Waals surface area (Å²) in [5, 5.41) is 2.31. The quantitative estimate of drug-likeness (QED) is 0.527. The van der Waals surface area contributed by atoms with Gasteiger partial charge in [0.2, 0.25) is 0 Å². The maximum atomic E-state index is 13.0. The van der Waals surface area contributed by atoms with Crippen LogP contribution >= 0.6 is 0 Å². The van der Waals surface area contributed by atoms with E-state index >= 15 is 0 Å². The van der Waals surface area contributed by atoms with Gasteiger partial charge in [0.1, 0.15) is 0 Å². The van der Waals surface area contributed by atoms with Gasteiger partial charge in [0.25, 0.3) is 0 Å². The van der Waals surface area contributed by atoms with Crippen LogP contribution in [0.2, 0.25) is 0 Å². The second-order valence-corrected chi connectivity index (χ2v) is 7.33. The van der Waals surface area contributed by atoms with Crippen molar-refractivity contribution in [2.24, 2.45) is 0 Å². The average Bonchev–Trinajstić information content (AvgIpc) is 3.55. The molecule has 1 aromatic carbocycles. The van der Waals surface area contributed by atoms with Crippen LogP contribution in [0.4, 0.5) is 0 Å². The molecule has 1 aliphatic rings. The van der Waals surface area contributed by atoms with Crippen LogP contribution in [-0.4, -0.2) is 32.8 Å². The number of rotatable bonds is 4. The highest BCUT2D eigenvalue weighted by molar-refractivity contribution is 5.85. The van der Waals surface area contributed by atoms with E-state index in [1.54, 1.807) is 19.5 Å². The third kappa shape index (κ3) is 3.68. The molecule has 150 valence electrons. The lowest BCUT2D eigenvalue weighted by molar-refractivity contribution is 0.215. The minimum absolute atomic E-state index is 0.0415. The zero-order valence-corrected chi connectivity index (χ0v) is 17.1. The fourth-order valence-electron chi connectivity index (χ4n) is 3.63. The van der Waals surface area contributed by atoms with Gasteiger partial charge in [-0.15, -0.1) is 0 Å². The zero-order valence-electron chi connectivity index (χ0n) is 17.1. The van der Waals surface area contributed by atoms with E-state index in [0.717, 1.165) is 47.1 Å². The predicted octanol–water partition coefficient (Wildman–Crippen LogP) is 4.09. The number of pyridine rings is 2. The standard InChI is InChI=1S/C20H18N4O.C3H8O/c1-13-16-5-3-2-4-14(16)10-22-17(13)12-23-19-11-21-9-8-18(19)24(20(23)25)15-6-7-15;1-3-4-2/h2-5,8-11,15H,6-7,12H2,1H3;3H2,1-2H3. The molecule has 0 radical (unpaired) electrons. The number of methoxy groups -OCH3 is 1. The summed E-state index contributed by atoms with van der Waals surface area (Å²) in [6.07, 6.45) is 7.58. The molecule has 0 amide bonds. The Morgan fingerprint density at radius 3 is 2.62 bits per heavy atom. The molecule has 0 saturated heterocycles. The maximum Gasteiger partial charge on any atom is 0.329 e. The van der Waals surface area contributed by atoms with Gasteiger partial charge in [-0.2, -0.15) is 0 Å². The second-order valence-electron chi connectivity index (χ2n) is 7.33.